The Labute approximate surface area is 126 Å². The molecule has 0 saturated heterocycles. The Balaban J connectivity index is 1.74. The molecule has 2 saturated carbocycles. The molecule has 2 amide bonds. The molecule has 3 rings (SSSR count). The summed E-state index contributed by atoms with van der Waals surface area (Å²) in [6.45, 7) is 0. The number of carbonyl (C=O) groups is 2. The number of halogens is 2. The highest BCUT2D eigenvalue weighted by Gasteiger charge is 2.57. The van der Waals surface area contributed by atoms with Crippen LogP contribution < -0.4 is 10.6 Å². The smallest absolute Gasteiger partial charge is 0.240 e. The second kappa shape index (κ2) is 4.93. The van der Waals surface area contributed by atoms with Crippen molar-refractivity contribution in [1.82, 2.24) is 5.32 Å². The van der Waals surface area contributed by atoms with Gasteiger partial charge in [-0.15, -0.1) is 0 Å². The molecule has 0 aromatic heterocycles. The highest BCUT2D eigenvalue weighted by molar-refractivity contribution is 6.40. The van der Waals surface area contributed by atoms with Crippen molar-refractivity contribution in [2.45, 2.75) is 31.7 Å². The molecule has 0 aliphatic heterocycles. The zero-order chi connectivity index (χ0) is 14.3. The standard InChI is InChI=1S/C14H14Cl2N2O2/c15-9-2-1-3-10(16)11(9)18-13(20)14(6-7-14)12(19)17-8-4-5-8/h1-3,8H,4-7H2,(H,17,19)(H,18,20). The number of amides is 2. The summed E-state index contributed by atoms with van der Waals surface area (Å²) in [6.07, 6.45) is 3.14. The van der Waals surface area contributed by atoms with E-state index in [4.69, 9.17) is 23.2 Å². The Bertz CT molecular complexity index is 560. The largest absolute Gasteiger partial charge is 0.352 e. The molecule has 2 aliphatic carbocycles. The first-order chi connectivity index (χ1) is 9.53. The quantitative estimate of drug-likeness (QED) is 0.840. The lowest BCUT2D eigenvalue weighted by molar-refractivity contribution is -0.134. The molecule has 20 heavy (non-hydrogen) atoms. The fourth-order valence-electron chi connectivity index (χ4n) is 2.08. The molecule has 0 radical (unpaired) electrons. The third-order valence-corrected chi connectivity index (χ3v) is 4.36. The van der Waals surface area contributed by atoms with Crippen LogP contribution in [-0.2, 0) is 9.59 Å². The average Bonchev–Trinajstić information content (AvgIpc) is 3.25. The van der Waals surface area contributed by atoms with Gasteiger partial charge in [-0.1, -0.05) is 29.3 Å². The molecule has 0 heterocycles. The van der Waals surface area contributed by atoms with Gasteiger partial charge < -0.3 is 10.6 Å². The lowest BCUT2D eigenvalue weighted by Gasteiger charge is -2.16. The molecule has 6 heteroatoms. The molecule has 2 aliphatic rings. The SMILES string of the molecule is O=C(Nc1c(Cl)cccc1Cl)C1(C(=O)NC2CC2)CC1. The monoisotopic (exact) mass is 312 g/mol. The predicted octanol–water partition coefficient (Wildman–Crippen LogP) is 2.99. The fraction of sp³-hybridized carbons (Fsp3) is 0.429. The Hall–Kier alpha value is -1.26. The van der Waals surface area contributed by atoms with Gasteiger partial charge in [0.1, 0.15) is 5.41 Å². The van der Waals surface area contributed by atoms with Crippen molar-refractivity contribution >= 4 is 40.7 Å². The molecule has 0 atom stereocenters. The molecule has 2 N–H and O–H groups in total. The van der Waals surface area contributed by atoms with Gasteiger partial charge in [-0.2, -0.15) is 0 Å². The van der Waals surface area contributed by atoms with E-state index < -0.39 is 5.41 Å². The Morgan fingerprint density at radius 2 is 1.70 bits per heavy atom. The van der Waals surface area contributed by atoms with E-state index in [2.05, 4.69) is 10.6 Å². The zero-order valence-corrected chi connectivity index (χ0v) is 12.2. The van der Waals surface area contributed by atoms with Crippen LogP contribution in [0.15, 0.2) is 18.2 Å². The third-order valence-electron chi connectivity index (χ3n) is 3.73. The summed E-state index contributed by atoms with van der Waals surface area (Å²) in [5.74, 6) is -0.508. The van der Waals surface area contributed by atoms with E-state index in [0.717, 1.165) is 12.8 Å². The van der Waals surface area contributed by atoms with Gasteiger partial charge in [-0.3, -0.25) is 9.59 Å². The molecular formula is C14H14Cl2N2O2. The van der Waals surface area contributed by atoms with E-state index in [1.54, 1.807) is 18.2 Å². The molecule has 2 fully saturated rings. The summed E-state index contributed by atoms with van der Waals surface area (Å²) in [6, 6.07) is 5.24. The molecular weight excluding hydrogens is 299 g/mol. The van der Waals surface area contributed by atoms with Crippen molar-refractivity contribution in [3.63, 3.8) is 0 Å². The van der Waals surface area contributed by atoms with Crippen molar-refractivity contribution in [2.75, 3.05) is 5.32 Å². The van der Waals surface area contributed by atoms with Gasteiger partial charge in [0.15, 0.2) is 0 Å². The molecule has 106 valence electrons. The number of rotatable bonds is 4. The van der Waals surface area contributed by atoms with E-state index in [9.17, 15) is 9.59 Å². The van der Waals surface area contributed by atoms with Gasteiger partial charge in [0.05, 0.1) is 15.7 Å². The van der Waals surface area contributed by atoms with Gasteiger partial charge in [0.25, 0.3) is 0 Å². The molecule has 4 nitrogen and oxygen atoms in total. The summed E-state index contributed by atoms with van der Waals surface area (Å²) in [7, 11) is 0. The normalized spacial score (nSPS) is 19.3. The maximum Gasteiger partial charge on any atom is 0.240 e. The van der Waals surface area contributed by atoms with Gasteiger partial charge >= 0.3 is 0 Å². The fourth-order valence-corrected chi connectivity index (χ4v) is 2.58. The second-order valence-electron chi connectivity index (χ2n) is 5.38. The molecule has 1 aromatic carbocycles. The van der Waals surface area contributed by atoms with Crippen LogP contribution in [0.4, 0.5) is 5.69 Å². The van der Waals surface area contributed by atoms with Crippen LogP contribution in [-0.4, -0.2) is 17.9 Å². The Kier molecular flexibility index (Phi) is 3.38. The number of benzene rings is 1. The average molecular weight is 313 g/mol. The minimum atomic E-state index is -0.939. The van der Waals surface area contributed by atoms with E-state index in [-0.39, 0.29) is 17.9 Å². The minimum absolute atomic E-state index is 0.180. The van der Waals surface area contributed by atoms with Crippen LogP contribution in [0, 0.1) is 5.41 Å². The number of hydrogen-bond donors (Lipinski definition) is 2. The van der Waals surface area contributed by atoms with Crippen molar-refractivity contribution in [1.29, 1.82) is 0 Å². The van der Waals surface area contributed by atoms with E-state index in [1.807, 2.05) is 0 Å². The first kappa shape index (κ1) is 13.7. The Morgan fingerprint density at radius 1 is 1.10 bits per heavy atom. The number of para-hydroxylation sites is 1. The molecule has 0 spiro atoms. The van der Waals surface area contributed by atoms with Crippen molar-refractivity contribution < 1.29 is 9.59 Å². The summed E-state index contributed by atoms with van der Waals surface area (Å²) >= 11 is 12.0. The molecule has 0 unspecified atom stereocenters. The summed E-state index contributed by atoms with van der Waals surface area (Å²) in [5, 5.41) is 6.31. The number of nitrogens with one attached hydrogen (secondary N) is 2. The van der Waals surface area contributed by atoms with Crippen molar-refractivity contribution in [2.24, 2.45) is 5.41 Å². The topological polar surface area (TPSA) is 58.2 Å². The second-order valence-corrected chi connectivity index (χ2v) is 6.20. The minimum Gasteiger partial charge on any atom is -0.352 e. The van der Waals surface area contributed by atoms with Crippen LogP contribution in [0.3, 0.4) is 0 Å². The summed E-state index contributed by atoms with van der Waals surface area (Å²) in [5.41, 5.74) is -0.572. The van der Waals surface area contributed by atoms with Crippen LogP contribution >= 0.6 is 23.2 Å². The van der Waals surface area contributed by atoms with Gasteiger partial charge in [-0.05, 0) is 37.8 Å². The predicted molar refractivity (Wildman–Crippen MR) is 77.9 cm³/mol. The number of carbonyl (C=O) groups excluding carboxylic acids is 2. The third kappa shape index (κ3) is 2.50. The van der Waals surface area contributed by atoms with E-state index >= 15 is 0 Å². The van der Waals surface area contributed by atoms with E-state index in [1.165, 1.54) is 0 Å². The highest BCUT2D eigenvalue weighted by Crippen LogP contribution is 2.48. The maximum absolute atomic E-state index is 12.4. The first-order valence-electron chi connectivity index (χ1n) is 6.59. The molecule has 0 bridgehead atoms. The first-order valence-corrected chi connectivity index (χ1v) is 7.35. The van der Waals surface area contributed by atoms with Gasteiger partial charge in [0.2, 0.25) is 11.8 Å². The Morgan fingerprint density at radius 3 is 2.20 bits per heavy atom. The summed E-state index contributed by atoms with van der Waals surface area (Å²) in [4.78, 5) is 24.5. The number of anilines is 1. The molecule has 1 aromatic rings. The van der Waals surface area contributed by atoms with Crippen molar-refractivity contribution in [3.05, 3.63) is 28.2 Å². The van der Waals surface area contributed by atoms with Gasteiger partial charge in [-0.25, -0.2) is 0 Å². The van der Waals surface area contributed by atoms with Crippen LogP contribution in [0.25, 0.3) is 0 Å². The van der Waals surface area contributed by atoms with Gasteiger partial charge in [0, 0.05) is 6.04 Å². The van der Waals surface area contributed by atoms with Crippen LogP contribution in [0.5, 0.6) is 0 Å². The van der Waals surface area contributed by atoms with Crippen molar-refractivity contribution in [3.8, 4) is 0 Å². The highest BCUT2D eigenvalue weighted by atomic mass is 35.5. The van der Waals surface area contributed by atoms with E-state index in [0.29, 0.717) is 28.6 Å². The maximum atomic E-state index is 12.4. The number of hydrogen-bond acceptors (Lipinski definition) is 2. The van der Waals surface area contributed by atoms with Crippen LogP contribution in [0.2, 0.25) is 10.0 Å². The van der Waals surface area contributed by atoms with Crippen LogP contribution in [0.1, 0.15) is 25.7 Å². The lowest BCUT2D eigenvalue weighted by Crippen LogP contribution is -2.40. The zero-order valence-electron chi connectivity index (χ0n) is 10.7. The summed E-state index contributed by atoms with van der Waals surface area (Å²) < 4.78 is 0. The lowest BCUT2D eigenvalue weighted by atomic mass is 10.0.